The molecular weight excluding hydrogens is 442 g/mol. The first-order chi connectivity index (χ1) is 17.9. The highest BCUT2D eigenvalue weighted by molar-refractivity contribution is 4.92. The summed E-state index contributed by atoms with van der Waals surface area (Å²) in [5.41, 5.74) is 0. The summed E-state index contributed by atoms with van der Waals surface area (Å²) in [5, 5.41) is 0. The van der Waals surface area contributed by atoms with Gasteiger partial charge in [0.15, 0.2) is 0 Å². The van der Waals surface area contributed by atoms with Crippen LogP contribution in [0.4, 0.5) is 0 Å². The Morgan fingerprint density at radius 2 is 1.00 bits per heavy atom. The lowest BCUT2D eigenvalue weighted by Gasteiger charge is -2.27. The zero-order valence-corrected chi connectivity index (χ0v) is 24.5. The van der Waals surface area contributed by atoms with E-state index in [9.17, 15) is 0 Å². The zero-order chi connectivity index (χ0) is 25.8. The van der Waals surface area contributed by atoms with Crippen molar-refractivity contribution in [3.05, 3.63) is 24.3 Å². The van der Waals surface area contributed by atoms with E-state index in [0.717, 1.165) is 32.8 Å². The molecule has 1 atom stereocenters. The van der Waals surface area contributed by atoms with Crippen LogP contribution < -0.4 is 0 Å². The van der Waals surface area contributed by atoms with Crippen LogP contribution in [0.2, 0.25) is 0 Å². The molecule has 0 amide bonds. The van der Waals surface area contributed by atoms with E-state index < -0.39 is 0 Å². The molecule has 0 bridgehead atoms. The first kappa shape index (κ1) is 33.4. The van der Waals surface area contributed by atoms with Crippen LogP contribution in [-0.4, -0.2) is 50.5 Å². The van der Waals surface area contributed by atoms with Crippen LogP contribution in [0.3, 0.4) is 0 Å². The maximum Gasteiger partial charge on any atom is 0.0644 e. The monoisotopic (exact) mass is 505 g/mol. The van der Waals surface area contributed by atoms with Crippen molar-refractivity contribution in [2.75, 3.05) is 39.5 Å². The van der Waals surface area contributed by atoms with Crippen molar-refractivity contribution >= 4 is 0 Å². The van der Waals surface area contributed by atoms with Crippen LogP contribution >= 0.6 is 0 Å². The van der Waals surface area contributed by atoms with E-state index in [1.807, 2.05) is 0 Å². The number of ether oxygens (including phenoxy) is 2. The molecule has 36 heavy (non-hydrogen) atoms. The number of unbranched alkanes of at least 4 members (excludes halogenated alkanes) is 14. The van der Waals surface area contributed by atoms with E-state index in [2.05, 4.69) is 43.1 Å². The van der Waals surface area contributed by atoms with Crippen LogP contribution in [0.15, 0.2) is 24.3 Å². The largest absolute Gasteiger partial charge is 0.380 e. The molecule has 3 heteroatoms. The molecule has 0 aliphatic carbocycles. The Kier molecular flexibility index (Phi) is 25.4. The second-order valence-corrected chi connectivity index (χ2v) is 10.9. The van der Waals surface area contributed by atoms with Crippen molar-refractivity contribution in [2.24, 2.45) is 0 Å². The van der Waals surface area contributed by atoms with Crippen molar-refractivity contribution in [2.45, 2.75) is 148 Å². The number of rotatable bonds is 27. The average molecular weight is 506 g/mol. The van der Waals surface area contributed by atoms with Crippen molar-refractivity contribution in [3.63, 3.8) is 0 Å². The molecule has 0 aromatic rings. The van der Waals surface area contributed by atoms with Crippen LogP contribution in [0.5, 0.6) is 0 Å². The lowest BCUT2D eigenvalue weighted by atomic mass is 10.1. The maximum absolute atomic E-state index is 6.11. The van der Waals surface area contributed by atoms with Gasteiger partial charge < -0.3 is 9.47 Å². The normalized spacial score (nSPS) is 15.6. The third-order valence-electron chi connectivity index (χ3n) is 7.41. The van der Waals surface area contributed by atoms with E-state index in [1.54, 1.807) is 0 Å². The van der Waals surface area contributed by atoms with Crippen molar-refractivity contribution in [1.29, 1.82) is 0 Å². The smallest absolute Gasteiger partial charge is 0.0644 e. The minimum atomic E-state index is 0.456. The Bertz CT molecular complexity index is 484. The van der Waals surface area contributed by atoms with Gasteiger partial charge in [-0.2, -0.15) is 0 Å². The highest BCUT2D eigenvalue weighted by Gasteiger charge is 2.22. The Hall–Kier alpha value is -0.640. The van der Waals surface area contributed by atoms with Crippen molar-refractivity contribution in [1.82, 2.24) is 4.90 Å². The highest BCUT2D eigenvalue weighted by Crippen LogP contribution is 2.14. The molecule has 1 saturated heterocycles. The SMILES string of the molecule is CCCCCC=CCC=CCCCCCCCCOC[C@H](COCCCCCCCC)N1CCCC1. The van der Waals surface area contributed by atoms with Gasteiger partial charge in [0, 0.05) is 13.2 Å². The van der Waals surface area contributed by atoms with Crippen LogP contribution in [0, 0.1) is 0 Å². The predicted molar refractivity (Wildman–Crippen MR) is 159 cm³/mol. The van der Waals surface area contributed by atoms with Gasteiger partial charge in [-0.1, -0.05) is 109 Å². The molecule has 1 heterocycles. The van der Waals surface area contributed by atoms with Crippen molar-refractivity contribution in [3.8, 4) is 0 Å². The molecule has 3 nitrogen and oxygen atoms in total. The number of hydrogen-bond donors (Lipinski definition) is 0. The molecule has 0 spiro atoms. The zero-order valence-electron chi connectivity index (χ0n) is 24.5. The molecule has 0 radical (unpaired) electrons. The number of allylic oxidation sites excluding steroid dienone is 4. The van der Waals surface area contributed by atoms with Crippen molar-refractivity contribution < 1.29 is 9.47 Å². The molecule has 0 aromatic carbocycles. The standard InChI is InChI=1S/C33H63NO2/c1-3-5-7-9-11-12-13-14-15-16-17-18-19-20-22-26-30-36-32-33(34-27-23-24-28-34)31-35-29-25-21-10-8-6-4-2/h11-12,14-15,33H,3-10,13,16-32H2,1-2H3/t33-/m0/s1. The second-order valence-electron chi connectivity index (χ2n) is 10.9. The first-order valence-electron chi connectivity index (χ1n) is 16.1. The topological polar surface area (TPSA) is 21.7 Å². The van der Waals surface area contributed by atoms with Gasteiger partial charge in [-0.25, -0.2) is 0 Å². The molecule has 0 unspecified atom stereocenters. The highest BCUT2D eigenvalue weighted by atomic mass is 16.5. The van der Waals surface area contributed by atoms with Crippen LogP contribution in [0.1, 0.15) is 142 Å². The molecule has 1 fully saturated rings. The van der Waals surface area contributed by atoms with E-state index in [1.165, 1.54) is 135 Å². The summed E-state index contributed by atoms with van der Waals surface area (Å²) in [6.45, 7) is 10.5. The summed E-state index contributed by atoms with van der Waals surface area (Å²) in [5.74, 6) is 0. The van der Waals surface area contributed by atoms with E-state index in [0.29, 0.717) is 6.04 Å². The molecule has 1 aliphatic rings. The second kappa shape index (κ2) is 27.4. The van der Waals surface area contributed by atoms with Crippen LogP contribution in [0.25, 0.3) is 0 Å². The first-order valence-corrected chi connectivity index (χ1v) is 16.1. The third kappa shape index (κ3) is 21.4. The fourth-order valence-electron chi connectivity index (χ4n) is 4.98. The van der Waals surface area contributed by atoms with Gasteiger partial charge in [0.1, 0.15) is 0 Å². The Labute approximate surface area is 226 Å². The number of hydrogen-bond acceptors (Lipinski definition) is 3. The van der Waals surface area contributed by atoms with E-state index >= 15 is 0 Å². The molecular formula is C33H63NO2. The maximum atomic E-state index is 6.11. The number of nitrogens with zero attached hydrogens (tertiary/aromatic N) is 1. The lowest BCUT2D eigenvalue weighted by molar-refractivity contribution is 0.0110. The van der Waals surface area contributed by atoms with Gasteiger partial charge >= 0.3 is 0 Å². The fraction of sp³-hybridized carbons (Fsp3) is 0.879. The Morgan fingerprint density at radius 3 is 1.56 bits per heavy atom. The van der Waals surface area contributed by atoms with Gasteiger partial charge in [0.2, 0.25) is 0 Å². The Balaban J connectivity index is 1.93. The third-order valence-corrected chi connectivity index (χ3v) is 7.41. The molecule has 0 aromatic heterocycles. The number of likely N-dealkylation sites (tertiary alicyclic amines) is 1. The fourth-order valence-corrected chi connectivity index (χ4v) is 4.98. The van der Waals surface area contributed by atoms with Gasteiger partial charge in [-0.3, -0.25) is 4.90 Å². The molecule has 212 valence electrons. The van der Waals surface area contributed by atoms with Gasteiger partial charge in [0.05, 0.1) is 19.3 Å². The lowest BCUT2D eigenvalue weighted by Crippen LogP contribution is -2.40. The minimum absolute atomic E-state index is 0.456. The molecule has 0 saturated carbocycles. The van der Waals surface area contributed by atoms with Gasteiger partial charge in [-0.15, -0.1) is 0 Å². The molecule has 1 aliphatic heterocycles. The summed E-state index contributed by atoms with van der Waals surface area (Å²) in [6, 6.07) is 0.456. The summed E-state index contributed by atoms with van der Waals surface area (Å²) in [7, 11) is 0. The summed E-state index contributed by atoms with van der Waals surface area (Å²) in [6.07, 6.45) is 35.6. The summed E-state index contributed by atoms with van der Waals surface area (Å²) < 4.78 is 12.2. The van der Waals surface area contributed by atoms with Crippen LogP contribution in [-0.2, 0) is 9.47 Å². The average Bonchev–Trinajstić information content (AvgIpc) is 3.43. The summed E-state index contributed by atoms with van der Waals surface area (Å²) in [4.78, 5) is 2.60. The molecule has 0 N–H and O–H groups in total. The minimum Gasteiger partial charge on any atom is -0.380 e. The Morgan fingerprint density at radius 1 is 0.556 bits per heavy atom. The predicted octanol–water partition coefficient (Wildman–Crippen LogP) is 9.66. The van der Waals surface area contributed by atoms with Gasteiger partial charge in [-0.05, 0) is 70.9 Å². The molecule has 1 rings (SSSR count). The van der Waals surface area contributed by atoms with Gasteiger partial charge in [0.25, 0.3) is 0 Å². The quantitative estimate of drug-likeness (QED) is 0.0819. The van der Waals surface area contributed by atoms with E-state index in [-0.39, 0.29) is 0 Å². The van der Waals surface area contributed by atoms with E-state index in [4.69, 9.17) is 9.47 Å². The summed E-state index contributed by atoms with van der Waals surface area (Å²) >= 11 is 0.